The topological polar surface area (TPSA) is 76.0 Å². The van der Waals surface area contributed by atoms with Crippen LogP contribution in [0.3, 0.4) is 0 Å². The van der Waals surface area contributed by atoms with E-state index >= 15 is 0 Å². The second-order valence-electron chi connectivity index (χ2n) is 8.81. The van der Waals surface area contributed by atoms with Gasteiger partial charge >= 0.3 is 0 Å². The molecule has 0 bridgehead atoms. The van der Waals surface area contributed by atoms with Gasteiger partial charge in [-0.1, -0.05) is 68.4 Å². The fourth-order valence-corrected chi connectivity index (χ4v) is 3.97. The van der Waals surface area contributed by atoms with E-state index in [-0.39, 0.29) is 24.2 Å². The summed E-state index contributed by atoms with van der Waals surface area (Å²) in [6.07, 6.45) is 4.59. The summed E-state index contributed by atoms with van der Waals surface area (Å²) in [5.74, 6) is -0.331. The lowest BCUT2D eigenvalue weighted by Gasteiger charge is -2.22. The van der Waals surface area contributed by atoms with E-state index in [0.717, 1.165) is 27.6 Å². The molecule has 0 saturated heterocycles. The molecule has 0 fully saturated rings. The zero-order valence-corrected chi connectivity index (χ0v) is 19.6. The Hall–Kier alpha value is -3.93. The Morgan fingerprint density at radius 1 is 0.912 bits per heavy atom. The van der Waals surface area contributed by atoms with E-state index < -0.39 is 6.04 Å². The quantitative estimate of drug-likeness (QED) is 0.400. The molecule has 0 saturated carbocycles. The number of carbonyl (C=O) groups excluding carboxylic acids is 2. The molecule has 0 aliphatic heterocycles. The second kappa shape index (κ2) is 10.8. The van der Waals surface area contributed by atoms with E-state index in [0.29, 0.717) is 13.0 Å². The summed E-state index contributed by atoms with van der Waals surface area (Å²) in [6, 6.07) is 23.5. The number of carbonyl (C=O) groups is 2. The average Bonchev–Trinajstić information content (AvgIpc) is 3.38. The van der Waals surface area contributed by atoms with Crippen molar-refractivity contribution in [2.24, 2.45) is 5.92 Å². The number of nitrogens with one attached hydrogen (secondary N) is 2. The number of benzene rings is 3. The number of hydrogen-bond acceptors (Lipinski definition) is 3. The molecule has 0 aliphatic carbocycles. The average molecular weight is 455 g/mol. The second-order valence-corrected chi connectivity index (χ2v) is 8.81. The van der Waals surface area contributed by atoms with Crippen molar-refractivity contribution < 1.29 is 9.59 Å². The lowest BCUT2D eigenvalue weighted by molar-refractivity contribution is -0.129. The summed E-state index contributed by atoms with van der Waals surface area (Å²) in [6.45, 7) is 4.38. The summed E-state index contributed by atoms with van der Waals surface area (Å²) in [5, 5.41) is 12.4. The van der Waals surface area contributed by atoms with Gasteiger partial charge in [-0.15, -0.1) is 0 Å². The number of rotatable bonds is 9. The van der Waals surface area contributed by atoms with Crippen molar-refractivity contribution in [1.29, 1.82) is 0 Å². The number of nitrogens with zero attached hydrogens (tertiary/aromatic N) is 2. The maximum atomic E-state index is 12.8. The minimum Gasteiger partial charge on any atom is -0.354 e. The maximum absolute atomic E-state index is 12.8. The van der Waals surface area contributed by atoms with Gasteiger partial charge in [0, 0.05) is 18.9 Å². The predicted molar refractivity (Wildman–Crippen MR) is 135 cm³/mol. The van der Waals surface area contributed by atoms with Crippen LogP contribution in [-0.2, 0) is 22.4 Å². The Kier molecular flexibility index (Phi) is 7.38. The molecule has 6 heteroatoms. The largest absolute Gasteiger partial charge is 0.354 e. The third-order valence-corrected chi connectivity index (χ3v) is 5.86. The molecule has 2 amide bonds. The van der Waals surface area contributed by atoms with Gasteiger partial charge in [-0.2, -0.15) is 5.10 Å². The lowest BCUT2D eigenvalue weighted by atomic mass is 10.0. The first kappa shape index (κ1) is 23.2. The molecule has 0 spiro atoms. The molecule has 0 aliphatic rings. The smallest absolute Gasteiger partial charge is 0.242 e. The summed E-state index contributed by atoms with van der Waals surface area (Å²) < 4.78 is 1.80. The van der Waals surface area contributed by atoms with Gasteiger partial charge in [-0.25, -0.2) is 4.68 Å². The van der Waals surface area contributed by atoms with Crippen LogP contribution in [0.5, 0.6) is 0 Å². The number of amides is 2. The van der Waals surface area contributed by atoms with Gasteiger partial charge in [-0.05, 0) is 52.4 Å². The molecule has 1 heterocycles. The van der Waals surface area contributed by atoms with Crippen molar-refractivity contribution in [1.82, 2.24) is 20.4 Å². The summed E-state index contributed by atoms with van der Waals surface area (Å²) in [7, 11) is 0. The molecule has 6 nitrogen and oxygen atoms in total. The van der Waals surface area contributed by atoms with Gasteiger partial charge in [0.05, 0.1) is 12.1 Å². The molecule has 34 heavy (non-hydrogen) atoms. The minimum atomic E-state index is -0.574. The Balaban J connectivity index is 1.28. The van der Waals surface area contributed by atoms with E-state index in [2.05, 4.69) is 15.7 Å². The third kappa shape index (κ3) is 5.90. The van der Waals surface area contributed by atoms with Crippen molar-refractivity contribution in [3.63, 3.8) is 0 Å². The van der Waals surface area contributed by atoms with Crippen LogP contribution in [0.1, 0.15) is 25.0 Å². The monoisotopic (exact) mass is 454 g/mol. The number of hydrogen-bond donors (Lipinski definition) is 2. The van der Waals surface area contributed by atoms with E-state index in [1.54, 1.807) is 10.9 Å². The van der Waals surface area contributed by atoms with Crippen molar-refractivity contribution in [3.8, 4) is 5.69 Å². The molecule has 174 valence electrons. The fourth-order valence-electron chi connectivity index (χ4n) is 3.97. The highest BCUT2D eigenvalue weighted by Gasteiger charge is 2.23. The van der Waals surface area contributed by atoms with Crippen LogP contribution in [0.4, 0.5) is 0 Å². The summed E-state index contributed by atoms with van der Waals surface area (Å²) in [5.41, 5.74) is 3.04. The third-order valence-electron chi connectivity index (χ3n) is 5.86. The first-order valence-corrected chi connectivity index (χ1v) is 11.6. The minimum absolute atomic E-state index is 0.0195. The van der Waals surface area contributed by atoms with Gasteiger partial charge in [0.2, 0.25) is 11.8 Å². The van der Waals surface area contributed by atoms with E-state index in [4.69, 9.17) is 0 Å². The normalized spacial score (nSPS) is 12.0. The summed E-state index contributed by atoms with van der Waals surface area (Å²) >= 11 is 0. The molecular formula is C28H30N4O2. The Morgan fingerprint density at radius 3 is 2.35 bits per heavy atom. The molecule has 1 unspecified atom stereocenters. The van der Waals surface area contributed by atoms with Crippen molar-refractivity contribution in [2.45, 2.75) is 32.7 Å². The van der Waals surface area contributed by atoms with E-state index in [1.807, 2.05) is 92.8 Å². The predicted octanol–water partition coefficient (Wildman–Crippen LogP) is 4.07. The van der Waals surface area contributed by atoms with Crippen molar-refractivity contribution >= 4 is 22.6 Å². The highest BCUT2D eigenvalue weighted by molar-refractivity contribution is 5.89. The van der Waals surface area contributed by atoms with Gasteiger partial charge in [0.25, 0.3) is 0 Å². The highest BCUT2D eigenvalue weighted by atomic mass is 16.2. The fraction of sp³-hybridized carbons (Fsp3) is 0.250. The molecular weight excluding hydrogens is 424 g/mol. The van der Waals surface area contributed by atoms with Crippen LogP contribution in [0, 0.1) is 5.92 Å². The van der Waals surface area contributed by atoms with Crippen LogP contribution in [0.25, 0.3) is 16.5 Å². The standard InChI is InChI=1S/C28H30N4O2/c1-20(2)27(31-26(33)19-22-8-11-23-6-3-4-7-24(23)18-22)28(34)29-16-14-21-9-12-25(13-10-21)32-17-5-15-30-32/h3-13,15,17-18,20,27H,14,16,19H2,1-2H3,(H,29,34)(H,31,33). The van der Waals surface area contributed by atoms with E-state index in [1.165, 1.54) is 0 Å². The first-order chi connectivity index (χ1) is 16.5. The van der Waals surface area contributed by atoms with Crippen LogP contribution < -0.4 is 10.6 Å². The summed E-state index contributed by atoms with van der Waals surface area (Å²) in [4.78, 5) is 25.5. The van der Waals surface area contributed by atoms with E-state index in [9.17, 15) is 9.59 Å². The molecule has 1 atom stereocenters. The molecule has 3 aromatic carbocycles. The lowest BCUT2D eigenvalue weighted by Crippen LogP contribution is -2.50. The van der Waals surface area contributed by atoms with Gasteiger partial charge in [0.1, 0.15) is 6.04 Å². The molecule has 4 rings (SSSR count). The Bertz CT molecular complexity index is 1250. The molecule has 1 aromatic heterocycles. The SMILES string of the molecule is CC(C)C(NC(=O)Cc1ccc2ccccc2c1)C(=O)NCCc1ccc(-n2cccn2)cc1. The molecule has 4 aromatic rings. The maximum Gasteiger partial charge on any atom is 0.242 e. The molecule has 2 N–H and O–H groups in total. The van der Waals surface area contributed by atoms with Crippen LogP contribution >= 0.6 is 0 Å². The van der Waals surface area contributed by atoms with Crippen LogP contribution in [0.2, 0.25) is 0 Å². The zero-order chi connectivity index (χ0) is 23.9. The first-order valence-electron chi connectivity index (χ1n) is 11.6. The Labute approximate surface area is 200 Å². The van der Waals surface area contributed by atoms with Gasteiger partial charge in [-0.3, -0.25) is 9.59 Å². The van der Waals surface area contributed by atoms with Gasteiger partial charge in [0.15, 0.2) is 0 Å². The number of fused-ring (bicyclic) bond motifs is 1. The van der Waals surface area contributed by atoms with Crippen LogP contribution in [0.15, 0.2) is 85.2 Å². The van der Waals surface area contributed by atoms with Crippen LogP contribution in [-0.4, -0.2) is 34.2 Å². The zero-order valence-electron chi connectivity index (χ0n) is 19.6. The Morgan fingerprint density at radius 2 is 1.65 bits per heavy atom. The molecule has 0 radical (unpaired) electrons. The number of aromatic nitrogens is 2. The van der Waals surface area contributed by atoms with Crippen molar-refractivity contribution in [3.05, 3.63) is 96.3 Å². The van der Waals surface area contributed by atoms with Gasteiger partial charge < -0.3 is 10.6 Å². The highest BCUT2D eigenvalue weighted by Crippen LogP contribution is 2.16. The van der Waals surface area contributed by atoms with Crippen molar-refractivity contribution in [2.75, 3.05) is 6.54 Å².